The first-order valence-electron chi connectivity index (χ1n) is 25.7. The molecular formula is C54H69N9O8. The van der Waals surface area contributed by atoms with Crippen molar-refractivity contribution >= 4 is 51.8 Å². The predicted molar refractivity (Wildman–Crippen MR) is 268 cm³/mol. The van der Waals surface area contributed by atoms with Crippen LogP contribution in [0.5, 0.6) is 0 Å². The predicted octanol–water partition coefficient (Wildman–Crippen LogP) is 8.45. The quantitative estimate of drug-likeness (QED) is 0.0992. The highest BCUT2D eigenvalue weighted by Gasteiger charge is 2.43. The van der Waals surface area contributed by atoms with Gasteiger partial charge in [-0.3, -0.25) is 9.59 Å². The number of hydrogen-bond acceptors (Lipinski definition) is 11. The molecule has 5 aliphatic rings. The molecule has 5 aliphatic heterocycles. The molecule has 3 aromatic carbocycles. The number of likely N-dealkylation sites (tertiary alicyclic amines) is 2. The molecule has 5 fully saturated rings. The molecule has 7 heterocycles. The highest BCUT2D eigenvalue weighted by atomic mass is 16.5. The molecule has 17 nitrogen and oxygen atoms in total. The number of hydrogen-bond donors (Lipinski definition) is 4. The number of aromatic amines is 2. The fourth-order valence-electron chi connectivity index (χ4n) is 12.0. The number of alkyl carbamates (subject to hydrolysis) is 2. The Labute approximate surface area is 415 Å². The number of anilines is 1. The molecule has 5 aromatic rings. The van der Waals surface area contributed by atoms with Gasteiger partial charge in [0.2, 0.25) is 11.8 Å². The van der Waals surface area contributed by atoms with Crippen LogP contribution in [0, 0.1) is 11.8 Å². The maximum Gasteiger partial charge on any atom is 0.407 e. The van der Waals surface area contributed by atoms with E-state index in [-0.39, 0.29) is 53.2 Å². The van der Waals surface area contributed by atoms with Gasteiger partial charge in [0, 0.05) is 45.2 Å². The SMILES string of the molecule is COC(=O)N[C@H](C(=O)N1CCC[C@H]1c1nc2ccc([C@H]3CC[C@H](c4ccc5nc([C@@H]6CCCN6C(=O)[C@@H](NC(=O)OC)C6CCOCC6)[nH]c5c4)N3c3ccc(C(C)(C)C)cc3)cc2[nH]1)C1CCOCC1. The van der Waals surface area contributed by atoms with Gasteiger partial charge in [-0.05, 0) is 135 Å². The maximum atomic E-state index is 14.3. The summed E-state index contributed by atoms with van der Waals surface area (Å²) < 4.78 is 21.1. The summed E-state index contributed by atoms with van der Waals surface area (Å²) in [6.07, 6.45) is 6.57. The summed E-state index contributed by atoms with van der Waals surface area (Å²) in [5.74, 6) is 1.19. The van der Waals surface area contributed by atoms with Gasteiger partial charge in [-0.2, -0.15) is 0 Å². The number of nitrogens with zero attached hydrogens (tertiary/aromatic N) is 5. The highest BCUT2D eigenvalue weighted by Crippen LogP contribution is 2.48. The van der Waals surface area contributed by atoms with E-state index in [0.717, 1.165) is 77.9 Å². The number of fused-ring (bicyclic) bond motifs is 2. The van der Waals surface area contributed by atoms with E-state index in [2.05, 4.69) is 107 Å². The van der Waals surface area contributed by atoms with Crippen LogP contribution >= 0.6 is 0 Å². The Hall–Kier alpha value is -6.20. The summed E-state index contributed by atoms with van der Waals surface area (Å²) in [6, 6.07) is 20.3. The number of benzene rings is 3. The second-order valence-corrected chi connectivity index (χ2v) is 21.1. The topological polar surface area (TPSA) is 196 Å². The van der Waals surface area contributed by atoms with Crippen LogP contribution in [0.4, 0.5) is 15.3 Å². The number of imidazole rings is 2. The first-order valence-corrected chi connectivity index (χ1v) is 25.7. The van der Waals surface area contributed by atoms with Crippen molar-refractivity contribution in [2.45, 2.75) is 127 Å². The Balaban J connectivity index is 0.924. The van der Waals surface area contributed by atoms with Crippen molar-refractivity contribution in [3.63, 3.8) is 0 Å². The van der Waals surface area contributed by atoms with Crippen LogP contribution in [-0.4, -0.2) is 120 Å². The minimum Gasteiger partial charge on any atom is -0.453 e. The van der Waals surface area contributed by atoms with Crippen molar-refractivity contribution < 1.29 is 38.1 Å². The largest absolute Gasteiger partial charge is 0.453 e. The summed E-state index contributed by atoms with van der Waals surface area (Å²) in [7, 11) is 2.64. The van der Waals surface area contributed by atoms with Crippen LogP contribution < -0.4 is 15.5 Å². The van der Waals surface area contributed by atoms with Crippen molar-refractivity contribution in [2.24, 2.45) is 11.8 Å². The fourth-order valence-corrected chi connectivity index (χ4v) is 12.0. The number of H-pyrrole nitrogens is 2. The third-order valence-corrected chi connectivity index (χ3v) is 15.9. The zero-order chi connectivity index (χ0) is 49.4. The van der Waals surface area contributed by atoms with Gasteiger partial charge in [0.1, 0.15) is 23.7 Å². The molecule has 4 amide bonds. The third kappa shape index (κ3) is 9.91. The lowest BCUT2D eigenvalue weighted by Gasteiger charge is -2.34. The van der Waals surface area contributed by atoms with E-state index in [1.165, 1.54) is 30.9 Å². The lowest BCUT2D eigenvalue weighted by Crippen LogP contribution is -2.53. The van der Waals surface area contributed by atoms with Crippen LogP contribution in [0.3, 0.4) is 0 Å². The van der Waals surface area contributed by atoms with Crippen molar-refractivity contribution in [3.05, 3.63) is 89.0 Å². The minimum atomic E-state index is -0.704. The first kappa shape index (κ1) is 48.4. The maximum absolute atomic E-state index is 14.3. The molecule has 0 radical (unpaired) electrons. The van der Waals surface area contributed by atoms with Crippen molar-refractivity contribution in [1.29, 1.82) is 0 Å². The van der Waals surface area contributed by atoms with Gasteiger partial charge in [0.05, 0.1) is 60.5 Å². The van der Waals surface area contributed by atoms with Crippen LogP contribution in [0.2, 0.25) is 0 Å². The summed E-state index contributed by atoms with van der Waals surface area (Å²) in [6.45, 7) is 10.1. The Bertz CT molecular complexity index is 2560. The number of nitrogens with one attached hydrogen (secondary N) is 4. The second kappa shape index (κ2) is 20.5. The highest BCUT2D eigenvalue weighted by molar-refractivity contribution is 5.88. The molecule has 17 heteroatoms. The summed E-state index contributed by atoms with van der Waals surface area (Å²) >= 11 is 0. The third-order valence-electron chi connectivity index (χ3n) is 15.9. The molecule has 378 valence electrons. The lowest BCUT2D eigenvalue weighted by atomic mass is 9.87. The van der Waals surface area contributed by atoms with Crippen molar-refractivity contribution in [3.8, 4) is 0 Å². The van der Waals surface area contributed by atoms with Crippen LogP contribution in [0.15, 0.2) is 60.7 Å². The van der Waals surface area contributed by atoms with Gasteiger partial charge in [0.15, 0.2) is 0 Å². The monoisotopic (exact) mass is 972 g/mol. The van der Waals surface area contributed by atoms with E-state index in [4.69, 9.17) is 28.9 Å². The number of amides is 4. The number of aromatic nitrogens is 4. The number of rotatable bonds is 11. The standard InChI is InChI=1S/C54H69N9O8/c1-54(2,3)36-12-14-37(15-13-36)63-42(34-10-16-38-40(30-34)57-48(55-38)44-8-6-24-61(44)50(64)46(59-52(66)68-4)32-20-26-70-27-21-32)18-19-43(63)35-11-17-39-41(31-35)58-49(56-39)45-9-7-25-62(45)51(65)47(60-53(67)69-5)33-22-28-71-29-23-33/h10-17,30-33,42-47H,6-9,18-29H2,1-5H3,(H,55,57)(H,56,58)(H,59,66)(H,60,67)/t42-,43-,44+,45+,46+,47+/m1/s1. The zero-order valence-electron chi connectivity index (χ0n) is 41.7. The Morgan fingerprint density at radius 1 is 0.606 bits per heavy atom. The molecule has 0 saturated carbocycles. The Morgan fingerprint density at radius 3 is 1.45 bits per heavy atom. The van der Waals surface area contributed by atoms with Crippen molar-refractivity contribution in [2.75, 3.05) is 58.6 Å². The molecule has 71 heavy (non-hydrogen) atoms. The fraction of sp³-hybridized carbons (Fsp3) is 0.556. The lowest BCUT2D eigenvalue weighted by molar-refractivity contribution is -0.137. The second-order valence-electron chi connectivity index (χ2n) is 21.1. The molecule has 10 rings (SSSR count). The van der Waals surface area contributed by atoms with E-state index >= 15 is 0 Å². The van der Waals surface area contributed by atoms with E-state index in [0.29, 0.717) is 65.2 Å². The summed E-state index contributed by atoms with van der Waals surface area (Å²) in [5, 5.41) is 5.72. The number of methoxy groups -OCH3 is 2. The number of carbonyl (C=O) groups excluding carboxylic acids is 4. The average molecular weight is 972 g/mol. The average Bonchev–Trinajstić information content (AvgIpc) is 4.26. The Kier molecular flexibility index (Phi) is 14.0. The van der Waals surface area contributed by atoms with Gasteiger partial charge in [0.25, 0.3) is 0 Å². The molecule has 2 aromatic heterocycles. The molecule has 0 spiro atoms. The number of carbonyl (C=O) groups is 4. The first-order chi connectivity index (χ1) is 34.4. The molecule has 0 aliphatic carbocycles. The number of ether oxygens (including phenoxy) is 4. The van der Waals surface area contributed by atoms with Crippen LogP contribution in [-0.2, 0) is 34.0 Å². The van der Waals surface area contributed by atoms with Gasteiger partial charge in [-0.25, -0.2) is 19.6 Å². The molecule has 4 N–H and O–H groups in total. The normalized spacial score (nSPS) is 23.3. The summed E-state index contributed by atoms with van der Waals surface area (Å²) in [5.41, 5.74) is 8.28. The summed E-state index contributed by atoms with van der Waals surface area (Å²) in [4.78, 5) is 77.4. The molecule has 0 unspecified atom stereocenters. The zero-order valence-corrected chi connectivity index (χ0v) is 41.7. The van der Waals surface area contributed by atoms with Gasteiger partial charge >= 0.3 is 12.2 Å². The smallest absolute Gasteiger partial charge is 0.407 e. The Morgan fingerprint density at radius 2 is 1.04 bits per heavy atom. The molecule has 5 saturated heterocycles. The molecule has 0 bridgehead atoms. The van der Waals surface area contributed by atoms with Crippen LogP contribution in [0.1, 0.15) is 137 Å². The van der Waals surface area contributed by atoms with Gasteiger partial charge < -0.3 is 54.2 Å². The minimum absolute atomic E-state index is 0.00128. The van der Waals surface area contributed by atoms with Crippen molar-refractivity contribution in [1.82, 2.24) is 40.4 Å². The van der Waals surface area contributed by atoms with E-state index in [9.17, 15) is 19.2 Å². The van der Waals surface area contributed by atoms with Gasteiger partial charge in [-0.15, -0.1) is 0 Å². The van der Waals surface area contributed by atoms with E-state index in [1.54, 1.807) is 0 Å². The van der Waals surface area contributed by atoms with E-state index in [1.807, 2.05) is 9.80 Å². The van der Waals surface area contributed by atoms with Gasteiger partial charge in [-0.1, -0.05) is 45.0 Å². The van der Waals surface area contributed by atoms with E-state index < -0.39 is 24.3 Å². The molecule has 6 atom stereocenters. The van der Waals surface area contributed by atoms with Crippen LogP contribution in [0.25, 0.3) is 22.1 Å². The molecular weight excluding hydrogens is 903 g/mol.